The van der Waals surface area contributed by atoms with Gasteiger partial charge >= 0.3 is 6.03 Å². The van der Waals surface area contributed by atoms with Crippen molar-refractivity contribution in [3.05, 3.63) is 47.5 Å². The highest BCUT2D eigenvalue weighted by Gasteiger charge is 2.29. The van der Waals surface area contributed by atoms with Gasteiger partial charge in [-0.2, -0.15) is 0 Å². The fraction of sp³-hybridized carbons (Fsp3) is 0.533. The number of carbonyl (C=O) groups excluding carboxylic acids is 2. The number of hydrogen-bond donors (Lipinski definition) is 2. The topological polar surface area (TPSA) is 92.4 Å². The Balaban J connectivity index is 1.41. The Morgan fingerprint density at radius 1 is 1.05 bits per heavy atom. The standard InChI is InChI=1S/C30H41FN4O5/c1-4-5-6-14-40-28-17-23(10-11-26(28)38-2)35-13-7-12-34(30(35)37)20-22-9-8-21(15-27(22)39-3)16-29(36)33-25-19-32-18-24(25)31/h8-11,15,17,24-25,32H,4-7,12-14,16,18-20H2,1-3H3,(H,33,36)/t24-,25-/m1/s1. The Morgan fingerprint density at radius 3 is 2.60 bits per heavy atom. The highest BCUT2D eigenvalue weighted by Crippen LogP contribution is 2.34. The molecule has 2 N–H and O–H groups in total. The van der Waals surface area contributed by atoms with E-state index in [1.165, 1.54) is 0 Å². The van der Waals surface area contributed by atoms with E-state index in [4.69, 9.17) is 14.2 Å². The maximum absolute atomic E-state index is 13.8. The van der Waals surface area contributed by atoms with Gasteiger partial charge in [0.1, 0.15) is 11.9 Å². The van der Waals surface area contributed by atoms with Crippen molar-refractivity contribution in [2.24, 2.45) is 0 Å². The minimum Gasteiger partial charge on any atom is -0.496 e. The number of amides is 3. The van der Waals surface area contributed by atoms with Crippen LogP contribution in [0.5, 0.6) is 17.2 Å². The van der Waals surface area contributed by atoms with Crippen molar-refractivity contribution in [2.75, 3.05) is 51.9 Å². The maximum Gasteiger partial charge on any atom is 0.324 e. The Bertz CT molecular complexity index is 1160. The zero-order valence-corrected chi connectivity index (χ0v) is 23.7. The van der Waals surface area contributed by atoms with Crippen molar-refractivity contribution in [1.82, 2.24) is 15.5 Å². The van der Waals surface area contributed by atoms with Crippen molar-refractivity contribution >= 4 is 17.6 Å². The van der Waals surface area contributed by atoms with E-state index in [0.29, 0.717) is 50.0 Å². The number of unbranched alkanes of at least 4 members (excludes halogenated alkanes) is 2. The second kappa shape index (κ2) is 14.2. The molecule has 0 radical (unpaired) electrons. The predicted molar refractivity (Wildman–Crippen MR) is 152 cm³/mol. The van der Waals surface area contributed by atoms with Gasteiger partial charge in [-0.3, -0.25) is 9.69 Å². The lowest BCUT2D eigenvalue weighted by Gasteiger charge is -2.36. The summed E-state index contributed by atoms with van der Waals surface area (Å²) in [5.41, 5.74) is 2.37. The van der Waals surface area contributed by atoms with E-state index in [-0.39, 0.29) is 24.9 Å². The number of benzene rings is 2. The molecule has 40 heavy (non-hydrogen) atoms. The van der Waals surface area contributed by atoms with Gasteiger partial charge < -0.3 is 29.7 Å². The molecule has 2 aromatic rings. The molecule has 0 spiro atoms. The van der Waals surface area contributed by atoms with Crippen LogP contribution in [0.3, 0.4) is 0 Å². The van der Waals surface area contributed by atoms with E-state index in [9.17, 15) is 14.0 Å². The molecule has 0 aromatic heterocycles. The van der Waals surface area contributed by atoms with Gasteiger partial charge in [0.2, 0.25) is 5.91 Å². The monoisotopic (exact) mass is 556 g/mol. The van der Waals surface area contributed by atoms with Gasteiger partial charge in [-0.05, 0) is 36.6 Å². The van der Waals surface area contributed by atoms with Gasteiger partial charge in [0.05, 0.1) is 39.8 Å². The van der Waals surface area contributed by atoms with E-state index in [1.54, 1.807) is 24.0 Å². The second-order valence-corrected chi connectivity index (χ2v) is 10.3. The van der Waals surface area contributed by atoms with Crippen molar-refractivity contribution in [3.63, 3.8) is 0 Å². The third-order valence-electron chi connectivity index (χ3n) is 7.34. The van der Waals surface area contributed by atoms with E-state index < -0.39 is 12.2 Å². The molecule has 3 amide bonds. The highest BCUT2D eigenvalue weighted by molar-refractivity contribution is 5.93. The van der Waals surface area contributed by atoms with Gasteiger partial charge in [-0.25, -0.2) is 9.18 Å². The normalized spacial score (nSPS) is 19.1. The summed E-state index contributed by atoms with van der Waals surface area (Å²) in [6.45, 7) is 5.04. The first-order valence-corrected chi connectivity index (χ1v) is 14.1. The molecule has 218 valence electrons. The maximum atomic E-state index is 13.8. The van der Waals surface area contributed by atoms with Crippen LogP contribution in [0, 0.1) is 0 Å². The Labute approximate surface area is 235 Å². The average Bonchev–Trinajstić information content (AvgIpc) is 3.36. The van der Waals surface area contributed by atoms with Crippen LogP contribution in [0.25, 0.3) is 0 Å². The molecule has 2 aliphatic heterocycles. The van der Waals surface area contributed by atoms with Gasteiger partial charge in [-0.1, -0.05) is 31.9 Å². The first-order chi connectivity index (χ1) is 19.4. The summed E-state index contributed by atoms with van der Waals surface area (Å²) < 4.78 is 30.9. The fourth-order valence-corrected chi connectivity index (χ4v) is 5.11. The third-order valence-corrected chi connectivity index (χ3v) is 7.34. The molecule has 2 aliphatic rings. The van der Waals surface area contributed by atoms with Crippen LogP contribution >= 0.6 is 0 Å². The van der Waals surface area contributed by atoms with Crippen LogP contribution in [0.1, 0.15) is 43.7 Å². The number of nitrogens with zero attached hydrogens (tertiary/aromatic N) is 2. The van der Waals surface area contributed by atoms with Crippen molar-refractivity contribution in [1.29, 1.82) is 0 Å². The molecule has 0 unspecified atom stereocenters. The summed E-state index contributed by atoms with van der Waals surface area (Å²) in [7, 11) is 3.18. The molecule has 2 fully saturated rings. The largest absolute Gasteiger partial charge is 0.496 e. The molecule has 4 rings (SSSR count). The van der Waals surface area contributed by atoms with Gasteiger partial charge in [0, 0.05) is 43.5 Å². The van der Waals surface area contributed by atoms with E-state index in [0.717, 1.165) is 42.5 Å². The van der Waals surface area contributed by atoms with Gasteiger partial charge in [0.15, 0.2) is 11.5 Å². The van der Waals surface area contributed by atoms with Crippen LogP contribution in [-0.4, -0.2) is 76.1 Å². The fourth-order valence-electron chi connectivity index (χ4n) is 5.11. The summed E-state index contributed by atoms with van der Waals surface area (Å²) in [5.74, 6) is 1.65. The average molecular weight is 557 g/mol. The molecule has 2 heterocycles. The molecule has 0 bridgehead atoms. The molecule has 2 saturated heterocycles. The number of rotatable bonds is 13. The number of nitrogens with one attached hydrogen (secondary N) is 2. The number of carbonyl (C=O) groups is 2. The van der Waals surface area contributed by atoms with E-state index in [1.807, 2.05) is 36.4 Å². The summed E-state index contributed by atoms with van der Waals surface area (Å²) in [6.07, 6.45) is 3.03. The van der Waals surface area contributed by atoms with Crippen molar-refractivity contribution < 1.29 is 28.2 Å². The number of halogens is 1. The van der Waals surface area contributed by atoms with Crippen molar-refractivity contribution in [3.8, 4) is 17.2 Å². The minimum atomic E-state index is -1.08. The third kappa shape index (κ3) is 7.35. The molecule has 2 aromatic carbocycles. The first kappa shape index (κ1) is 29.5. The van der Waals surface area contributed by atoms with Crippen LogP contribution in [0.2, 0.25) is 0 Å². The molecule has 10 heteroatoms. The minimum absolute atomic E-state index is 0.0928. The van der Waals surface area contributed by atoms with Gasteiger partial charge in [0.25, 0.3) is 0 Å². The Morgan fingerprint density at radius 2 is 1.88 bits per heavy atom. The van der Waals surface area contributed by atoms with Crippen LogP contribution in [-0.2, 0) is 17.8 Å². The Kier molecular flexibility index (Phi) is 10.5. The van der Waals surface area contributed by atoms with Crippen LogP contribution in [0.15, 0.2) is 36.4 Å². The van der Waals surface area contributed by atoms with E-state index >= 15 is 0 Å². The number of alkyl halides is 1. The first-order valence-electron chi connectivity index (χ1n) is 14.1. The summed E-state index contributed by atoms with van der Waals surface area (Å²) in [4.78, 5) is 29.6. The van der Waals surface area contributed by atoms with Gasteiger partial charge in [-0.15, -0.1) is 0 Å². The van der Waals surface area contributed by atoms with E-state index in [2.05, 4.69) is 17.6 Å². The zero-order valence-electron chi connectivity index (χ0n) is 23.7. The molecule has 9 nitrogen and oxygen atoms in total. The number of methoxy groups -OCH3 is 2. The highest BCUT2D eigenvalue weighted by atomic mass is 19.1. The quantitative estimate of drug-likeness (QED) is 0.362. The lowest BCUT2D eigenvalue weighted by Crippen LogP contribution is -2.49. The lowest BCUT2D eigenvalue weighted by atomic mass is 10.1. The molecule has 2 atom stereocenters. The van der Waals surface area contributed by atoms with Crippen LogP contribution < -0.4 is 29.7 Å². The zero-order chi connectivity index (χ0) is 28.5. The second-order valence-electron chi connectivity index (χ2n) is 10.3. The number of anilines is 1. The predicted octanol–water partition coefficient (Wildman–Crippen LogP) is 4.07. The molecular weight excluding hydrogens is 515 g/mol. The number of hydrogen-bond acceptors (Lipinski definition) is 6. The summed E-state index contributed by atoms with van der Waals surface area (Å²) in [6, 6.07) is 10.6. The molecule has 0 aliphatic carbocycles. The lowest BCUT2D eigenvalue weighted by molar-refractivity contribution is -0.121. The molecular formula is C30H41FN4O5. The number of urea groups is 1. The van der Waals surface area contributed by atoms with Crippen LogP contribution in [0.4, 0.5) is 14.9 Å². The number of ether oxygens (including phenoxy) is 3. The SMILES string of the molecule is CCCCCOc1cc(N2CCCN(Cc3ccc(CC(=O)N[C@@H]4CNC[C@H]4F)cc3OC)C2=O)ccc1OC. The Hall–Kier alpha value is -3.53. The summed E-state index contributed by atoms with van der Waals surface area (Å²) >= 11 is 0. The van der Waals surface area contributed by atoms with Crippen molar-refractivity contribution in [2.45, 2.75) is 57.8 Å². The summed E-state index contributed by atoms with van der Waals surface area (Å²) in [5, 5.41) is 5.69. The smallest absolute Gasteiger partial charge is 0.324 e. The molecule has 0 saturated carbocycles.